The van der Waals surface area contributed by atoms with Crippen LogP contribution in [-0.4, -0.2) is 44.3 Å². The highest BCUT2D eigenvalue weighted by Crippen LogP contribution is 2.32. The Kier molecular flexibility index (Phi) is 6.70. The van der Waals surface area contributed by atoms with Crippen LogP contribution in [0.3, 0.4) is 0 Å². The Morgan fingerprint density at radius 3 is 2.48 bits per heavy atom. The van der Waals surface area contributed by atoms with E-state index in [4.69, 9.17) is 11.6 Å². The molecular formula is C21H22ClN3O3S. The molecule has 6 nitrogen and oxygen atoms in total. The van der Waals surface area contributed by atoms with Crippen molar-refractivity contribution in [2.45, 2.75) is 50.3 Å². The molecule has 0 radical (unpaired) electrons. The fourth-order valence-electron chi connectivity index (χ4n) is 3.37. The topological polar surface area (TPSA) is 80.2 Å². The molecule has 1 aliphatic rings. The van der Waals surface area contributed by atoms with Crippen molar-refractivity contribution in [2.24, 2.45) is 0 Å². The third kappa shape index (κ3) is 4.85. The second-order valence-corrected chi connectivity index (χ2v) is 8.62. The van der Waals surface area contributed by atoms with Gasteiger partial charge in [0.15, 0.2) is 5.78 Å². The number of carbonyl (C=O) groups excluding carboxylic acids is 3. The van der Waals surface area contributed by atoms with Crippen LogP contribution in [0, 0.1) is 13.8 Å². The number of nitrogens with zero attached hydrogens (tertiary/aromatic N) is 3. The van der Waals surface area contributed by atoms with Gasteiger partial charge in [0.2, 0.25) is 5.91 Å². The molecule has 0 aliphatic carbocycles. The van der Waals surface area contributed by atoms with E-state index in [1.54, 1.807) is 38.1 Å². The summed E-state index contributed by atoms with van der Waals surface area (Å²) in [6.45, 7) is 5.36. The monoisotopic (exact) mass is 431 g/mol. The summed E-state index contributed by atoms with van der Waals surface area (Å²) in [5.74, 6) is -0.179. The van der Waals surface area contributed by atoms with E-state index in [0.29, 0.717) is 45.7 Å². The number of thioether (sulfide) groups is 1. The van der Waals surface area contributed by atoms with Crippen LogP contribution in [0.2, 0.25) is 5.02 Å². The van der Waals surface area contributed by atoms with Crippen molar-refractivity contribution in [1.82, 2.24) is 14.9 Å². The Morgan fingerprint density at radius 2 is 1.83 bits per heavy atom. The molecule has 1 fully saturated rings. The summed E-state index contributed by atoms with van der Waals surface area (Å²) in [5, 5.41) is 0.547. The van der Waals surface area contributed by atoms with E-state index < -0.39 is 5.25 Å². The van der Waals surface area contributed by atoms with E-state index in [2.05, 4.69) is 9.97 Å². The number of hydrogen-bond acceptors (Lipinski definition) is 6. The zero-order valence-corrected chi connectivity index (χ0v) is 18.1. The number of aryl methyl sites for hydroxylation is 2. The highest BCUT2D eigenvalue weighted by atomic mass is 35.5. The second kappa shape index (κ2) is 9.05. The zero-order valence-electron chi connectivity index (χ0n) is 16.6. The summed E-state index contributed by atoms with van der Waals surface area (Å²) in [6, 6.07) is 6.51. The Balaban J connectivity index is 1.89. The third-order valence-electron chi connectivity index (χ3n) is 4.75. The van der Waals surface area contributed by atoms with Crippen LogP contribution in [0.1, 0.15) is 58.4 Å². The lowest BCUT2D eigenvalue weighted by Crippen LogP contribution is -2.41. The molecule has 1 saturated heterocycles. The summed E-state index contributed by atoms with van der Waals surface area (Å²) in [6.07, 6.45) is 2.17. The number of likely N-dealkylation sites (tertiary alicyclic amines) is 1. The van der Waals surface area contributed by atoms with Crippen LogP contribution < -0.4 is 0 Å². The molecule has 1 aliphatic heterocycles. The van der Waals surface area contributed by atoms with Gasteiger partial charge in [0.25, 0.3) is 5.91 Å². The summed E-state index contributed by atoms with van der Waals surface area (Å²) >= 11 is 7.15. The molecule has 2 heterocycles. The number of carbonyl (C=O) groups is 3. The second-order valence-electron chi connectivity index (χ2n) is 7.00. The molecule has 29 heavy (non-hydrogen) atoms. The smallest absolute Gasteiger partial charge is 0.260 e. The minimum absolute atomic E-state index is 0.139. The number of halogens is 1. The fraction of sp³-hybridized carbons (Fsp3) is 0.381. The first-order chi connectivity index (χ1) is 13.8. The number of aromatic nitrogens is 2. The third-order valence-corrected chi connectivity index (χ3v) is 6.24. The number of ketones is 1. The Labute approximate surface area is 179 Å². The first-order valence-corrected chi connectivity index (χ1v) is 10.7. The Bertz CT molecular complexity index is 962. The summed E-state index contributed by atoms with van der Waals surface area (Å²) in [7, 11) is 0. The van der Waals surface area contributed by atoms with Gasteiger partial charge in [0, 0.05) is 17.1 Å². The lowest BCUT2D eigenvalue weighted by molar-refractivity contribution is -0.127. The van der Waals surface area contributed by atoms with Crippen molar-refractivity contribution in [2.75, 3.05) is 6.54 Å². The highest BCUT2D eigenvalue weighted by molar-refractivity contribution is 8.00. The lowest BCUT2D eigenvalue weighted by Gasteiger charge is -2.23. The summed E-state index contributed by atoms with van der Waals surface area (Å²) < 4.78 is 0. The first-order valence-electron chi connectivity index (χ1n) is 9.42. The van der Waals surface area contributed by atoms with E-state index >= 15 is 0 Å². The van der Waals surface area contributed by atoms with Gasteiger partial charge < -0.3 is 0 Å². The number of Topliss-reactive ketones (excluding diaryl/α,β-unsaturated/α-hetero) is 1. The van der Waals surface area contributed by atoms with Crippen LogP contribution >= 0.6 is 23.4 Å². The van der Waals surface area contributed by atoms with Gasteiger partial charge in [0.1, 0.15) is 10.9 Å². The van der Waals surface area contributed by atoms with Gasteiger partial charge in [-0.15, -0.1) is 0 Å². The molecule has 2 amide bonds. The van der Waals surface area contributed by atoms with Crippen molar-refractivity contribution in [3.63, 3.8) is 0 Å². The Hall–Kier alpha value is -2.25. The van der Waals surface area contributed by atoms with Crippen molar-refractivity contribution >= 4 is 41.0 Å². The van der Waals surface area contributed by atoms with Crippen LogP contribution in [0.5, 0.6) is 0 Å². The quantitative estimate of drug-likeness (QED) is 0.408. The minimum Gasteiger partial charge on any atom is -0.294 e. The van der Waals surface area contributed by atoms with Crippen LogP contribution in [0.15, 0.2) is 29.3 Å². The predicted molar refractivity (Wildman–Crippen MR) is 113 cm³/mol. The number of imide groups is 1. The van der Waals surface area contributed by atoms with Crippen LogP contribution in [0.4, 0.5) is 0 Å². The zero-order chi connectivity index (χ0) is 21.1. The average Bonchev–Trinajstić information content (AvgIpc) is 2.83. The molecule has 1 atom stereocenters. The van der Waals surface area contributed by atoms with Gasteiger partial charge in [0.05, 0.1) is 16.5 Å². The van der Waals surface area contributed by atoms with Gasteiger partial charge in [-0.05, 0) is 57.9 Å². The molecule has 0 bridgehead atoms. The van der Waals surface area contributed by atoms with Crippen LogP contribution in [0.25, 0.3) is 0 Å². The van der Waals surface area contributed by atoms with Gasteiger partial charge >= 0.3 is 0 Å². The Morgan fingerprint density at radius 1 is 1.14 bits per heavy atom. The van der Waals surface area contributed by atoms with E-state index in [-0.39, 0.29) is 17.6 Å². The van der Waals surface area contributed by atoms with E-state index in [1.807, 2.05) is 0 Å². The largest absolute Gasteiger partial charge is 0.294 e. The van der Waals surface area contributed by atoms with Crippen molar-refractivity contribution < 1.29 is 14.4 Å². The molecule has 0 spiro atoms. The molecule has 2 aromatic rings. The normalized spacial score (nSPS) is 17.2. The van der Waals surface area contributed by atoms with E-state index in [9.17, 15) is 14.4 Å². The summed E-state index contributed by atoms with van der Waals surface area (Å²) in [5.41, 5.74) is 1.46. The van der Waals surface area contributed by atoms with Gasteiger partial charge in [-0.2, -0.15) is 0 Å². The maximum absolute atomic E-state index is 13.2. The molecule has 152 valence electrons. The SMILES string of the molecule is CC(=O)c1c(C)nc(C)nc1S[C@@H]1CCCCN(C(=O)c2ccc(Cl)cc2)C1=O. The highest BCUT2D eigenvalue weighted by Gasteiger charge is 2.33. The van der Waals surface area contributed by atoms with Crippen molar-refractivity contribution in [3.05, 3.63) is 51.9 Å². The standard InChI is InChI=1S/C21H22ClN3O3S/c1-12-18(13(2)26)19(24-14(3)23-12)29-17-6-4-5-11-25(21(17)28)20(27)15-7-9-16(22)10-8-15/h7-10,17H,4-6,11H2,1-3H3/t17-/m1/s1. The molecule has 3 rings (SSSR count). The fourth-order valence-corrected chi connectivity index (χ4v) is 4.88. The molecule has 1 aromatic carbocycles. The number of benzene rings is 1. The molecule has 8 heteroatoms. The number of amides is 2. The summed E-state index contributed by atoms with van der Waals surface area (Å²) in [4.78, 5) is 48.3. The molecule has 0 unspecified atom stereocenters. The molecule has 0 N–H and O–H groups in total. The first kappa shape index (κ1) is 21.5. The molecule has 1 aromatic heterocycles. The van der Waals surface area contributed by atoms with Gasteiger partial charge in [-0.3, -0.25) is 19.3 Å². The maximum Gasteiger partial charge on any atom is 0.260 e. The lowest BCUT2D eigenvalue weighted by atomic mass is 10.2. The van der Waals surface area contributed by atoms with Gasteiger partial charge in [-0.25, -0.2) is 9.97 Å². The molecular weight excluding hydrogens is 410 g/mol. The van der Waals surface area contributed by atoms with Crippen LogP contribution in [-0.2, 0) is 4.79 Å². The number of rotatable bonds is 4. The maximum atomic E-state index is 13.2. The van der Waals surface area contributed by atoms with E-state index in [0.717, 1.165) is 12.8 Å². The number of hydrogen-bond donors (Lipinski definition) is 0. The average molecular weight is 432 g/mol. The van der Waals surface area contributed by atoms with Gasteiger partial charge in [-0.1, -0.05) is 29.8 Å². The minimum atomic E-state index is -0.486. The van der Waals surface area contributed by atoms with Crippen molar-refractivity contribution in [3.8, 4) is 0 Å². The van der Waals surface area contributed by atoms with Crippen molar-refractivity contribution in [1.29, 1.82) is 0 Å². The predicted octanol–water partition coefficient (Wildman–Crippen LogP) is 4.26. The molecule has 0 saturated carbocycles. The van der Waals surface area contributed by atoms with E-state index in [1.165, 1.54) is 23.6 Å².